The zero-order chi connectivity index (χ0) is 14.6. The number of aliphatic carboxylic acids is 1. The number of carboxylic acids is 1. The van der Waals surface area contributed by atoms with E-state index in [2.05, 4.69) is 10.3 Å². The van der Waals surface area contributed by atoms with E-state index in [1.54, 1.807) is 6.92 Å². The van der Waals surface area contributed by atoms with Gasteiger partial charge < -0.3 is 10.4 Å². The lowest BCUT2D eigenvalue weighted by atomic mass is 10.2. The molecule has 0 aliphatic heterocycles. The Morgan fingerprint density at radius 2 is 2.11 bits per heavy atom. The lowest BCUT2D eigenvalue weighted by molar-refractivity contribution is -0.140. The number of halogens is 2. The van der Waals surface area contributed by atoms with E-state index in [0.29, 0.717) is 12.1 Å². The van der Waals surface area contributed by atoms with E-state index in [-0.39, 0.29) is 4.88 Å². The molecule has 1 aromatic rings. The van der Waals surface area contributed by atoms with Gasteiger partial charge in [0.2, 0.25) is 6.43 Å². The molecule has 0 aliphatic rings. The maximum Gasteiger partial charge on any atom is 0.326 e. The molecule has 0 saturated heterocycles. The average Bonchev–Trinajstić information content (AvgIpc) is 2.69. The van der Waals surface area contributed by atoms with Crippen molar-refractivity contribution in [1.82, 2.24) is 10.3 Å². The Hall–Kier alpha value is -1.57. The molecule has 1 unspecified atom stereocenters. The molecule has 1 atom stereocenters. The molecule has 5 nitrogen and oxygen atoms in total. The fourth-order valence-electron chi connectivity index (χ4n) is 1.44. The maximum absolute atomic E-state index is 12.2. The molecule has 0 radical (unpaired) electrons. The van der Waals surface area contributed by atoms with Gasteiger partial charge in [-0.05, 0) is 13.3 Å². The number of aromatic nitrogens is 1. The van der Waals surface area contributed by atoms with E-state index in [1.807, 2.05) is 6.92 Å². The number of hydrogen-bond donors (Lipinski definition) is 2. The third-order valence-electron chi connectivity index (χ3n) is 2.37. The van der Waals surface area contributed by atoms with Gasteiger partial charge in [-0.2, -0.15) is 0 Å². The molecule has 0 saturated carbocycles. The third kappa shape index (κ3) is 4.23. The first-order valence-electron chi connectivity index (χ1n) is 5.63. The zero-order valence-corrected chi connectivity index (χ0v) is 11.3. The molecule has 1 aromatic heterocycles. The molecule has 0 bridgehead atoms. The van der Waals surface area contributed by atoms with Gasteiger partial charge in [-0.25, -0.2) is 18.6 Å². The van der Waals surface area contributed by atoms with Crippen molar-refractivity contribution in [3.05, 3.63) is 15.6 Å². The molecule has 1 amide bonds. The first-order valence-corrected chi connectivity index (χ1v) is 6.44. The molecule has 2 N–H and O–H groups in total. The number of nitrogens with zero attached hydrogens (tertiary/aromatic N) is 1. The first-order chi connectivity index (χ1) is 8.85. The van der Waals surface area contributed by atoms with Crippen LogP contribution in [0.5, 0.6) is 0 Å². The maximum atomic E-state index is 12.2. The summed E-state index contributed by atoms with van der Waals surface area (Å²) in [6.45, 7) is 3.49. The van der Waals surface area contributed by atoms with Crippen LogP contribution in [0.2, 0.25) is 0 Å². The molecule has 19 heavy (non-hydrogen) atoms. The predicted molar refractivity (Wildman–Crippen MR) is 65.7 cm³/mol. The quantitative estimate of drug-likeness (QED) is 0.838. The highest BCUT2D eigenvalue weighted by atomic mass is 32.1. The summed E-state index contributed by atoms with van der Waals surface area (Å²) in [5.74, 6) is -2.16. The Labute approximate surface area is 112 Å². The van der Waals surface area contributed by atoms with E-state index in [4.69, 9.17) is 5.11 Å². The molecule has 1 rings (SSSR count). The van der Waals surface area contributed by atoms with Crippen LogP contribution in [0.3, 0.4) is 0 Å². The molecule has 8 heteroatoms. The summed E-state index contributed by atoms with van der Waals surface area (Å²) in [6.07, 6.45) is -3.06. The zero-order valence-electron chi connectivity index (χ0n) is 10.4. The number of carbonyl (C=O) groups is 2. The number of rotatable bonds is 6. The average molecular weight is 292 g/mol. The second-order valence-electron chi connectivity index (χ2n) is 3.87. The van der Waals surface area contributed by atoms with E-state index < -0.39 is 30.8 Å². The Morgan fingerprint density at radius 1 is 1.47 bits per heavy atom. The van der Waals surface area contributed by atoms with Crippen LogP contribution in [0.1, 0.15) is 33.7 Å². The SMILES string of the molecule is CCc1nc(C)c(C(=O)NC(CC(F)F)C(=O)O)s1. The van der Waals surface area contributed by atoms with Gasteiger partial charge in [0.25, 0.3) is 5.91 Å². The summed E-state index contributed by atoms with van der Waals surface area (Å²) < 4.78 is 24.4. The van der Waals surface area contributed by atoms with Crippen LogP contribution in [0, 0.1) is 6.92 Å². The number of nitrogens with one attached hydrogen (secondary N) is 1. The van der Waals surface area contributed by atoms with E-state index in [1.165, 1.54) is 0 Å². The van der Waals surface area contributed by atoms with Crippen molar-refractivity contribution < 1.29 is 23.5 Å². The molecular formula is C11H14F2N2O3S. The summed E-state index contributed by atoms with van der Waals surface area (Å²) in [6, 6.07) is -1.60. The minimum absolute atomic E-state index is 0.261. The number of amides is 1. The van der Waals surface area contributed by atoms with Crippen molar-refractivity contribution in [1.29, 1.82) is 0 Å². The topological polar surface area (TPSA) is 79.3 Å². The molecule has 0 fully saturated rings. The minimum atomic E-state index is -2.80. The first kappa shape index (κ1) is 15.5. The largest absolute Gasteiger partial charge is 0.480 e. The van der Waals surface area contributed by atoms with E-state index >= 15 is 0 Å². The lowest BCUT2D eigenvalue weighted by Crippen LogP contribution is -2.41. The normalized spacial score (nSPS) is 12.5. The fraction of sp³-hybridized carbons (Fsp3) is 0.545. The van der Waals surface area contributed by atoms with Crippen molar-refractivity contribution in [2.24, 2.45) is 0 Å². The molecular weight excluding hydrogens is 278 g/mol. The predicted octanol–water partition coefficient (Wildman–Crippen LogP) is 1.85. The monoisotopic (exact) mass is 292 g/mol. The van der Waals surface area contributed by atoms with E-state index in [0.717, 1.165) is 16.3 Å². The van der Waals surface area contributed by atoms with Crippen molar-refractivity contribution in [2.75, 3.05) is 0 Å². The van der Waals surface area contributed by atoms with Gasteiger partial charge in [0.1, 0.15) is 10.9 Å². The molecule has 106 valence electrons. The summed E-state index contributed by atoms with van der Waals surface area (Å²) in [7, 11) is 0. The van der Waals surface area contributed by atoms with Crippen LogP contribution in [-0.2, 0) is 11.2 Å². The van der Waals surface area contributed by atoms with Gasteiger partial charge in [0, 0.05) is 6.42 Å². The molecule has 1 heterocycles. The summed E-state index contributed by atoms with van der Waals surface area (Å²) in [5, 5.41) is 11.6. The molecule has 0 aromatic carbocycles. The lowest BCUT2D eigenvalue weighted by Gasteiger charge is -2.13. The van der Waals surface area contributed by atoms with Crippen LogP contribution >= 0.6 is 11.3 Å². The number of aryl methyl sites for hydroxylation is 2. The standard InChI is InChI=1S/C11H14F2N2O3S/c1-3-8-14-5(2)9(19-8)10(16)15-6(11(17)18)4-7(12)13/h6-7H,3-4H2,1-2H3,(H,15,16)(H,17,18). The van der Waals surface area contributed by atoms with Gasteiger partial charge in [-0.15, -0.1) is 11.3 Å². The van der Waals surface area contributed by atoms with Gasteiger partial charge in [-0.1, -0.05) is 6.92 Å². The van der Waals surface area contributed by atoms with Gasteiger partial charge in [0.15, 0.2) is 0 Å². The number of carbonyl (C=O) groups excluding carboxylic acids is 1. The van der Waals surface area contributed by atoms with Crippen LogP contribution in [0.15, 0.2) is 0 Å². The molecule has 0 aliphatic carbocycles. The van der Waals surface area contributed by atoms with Gasteiger partial charge in [0.05, 0.1) is 10.7 Å². The highest BCUT2D eigenvalue weighted by Gasteiger charge is 2.26. The van der Waals surface area contributed by atoms with Gasteiger partial charge >= 0.3 is 5.97 Å². The number of thiazole rings is 1. The van der Waals surface area contributed by atoms with E-state index in [9.17, 15) is 18.4 Å². The smallest absolute Gasteiger partial charge is 0.326 e. The Kier molecular flexibility index (Phi) is 5.34. The molecule has 0 spiro atoms. The van der Waals surface area contributed by atoms with Crippen LogP contribution < -0.4 is 5.32 Å². The number of hydrogen-bond acceptors (Lipinski definition) is 4. The van der Waals surface area contributed by atoms with Crippen molar-refractivity contribution >= 4 is 23.2 Å². The minimum Gasteiger partial charge on any atom is -0.480 e. The third-order valence-corrected chi connectivity index (χ3v) is 3.67. The highest BCUT2D eigenvalue weighted by molar-refractivity contribution is 7.13. The van der Waals surface area contributed by atoms with Crippen molar-refractivity contribution in [3.63, 3.8) is 0 Å². The Bertz CT molecular complexity index is 477. The van der Waals surface area contributed by atoms with Crippen LogP contribution in [-0.4, -0.2) is 34.4 Å². The van der Waals surface area contributed by atoms with Crippen LogP contribution in [0.4, 0.5) is 8.78 Å². The Balaban J connectivity index is 2.81. The summed E-state index contributed by atoms with van der Waals surface area (Å²) in [5.41, 5.74) is 0.473. The summed E-state index contributed by atoms with van der Waals surface area (Å²) in [4.78, 5) is 27.0. The second-order valence-corrected chi connectivity index (χ2v) is 4.95. The van der Waals surface area contributed by atoms with Crippen molar-refractivity contribution in [3.8, 4) is 0 Å². The second kappa shape index (κ2) is 6.55. The number of carboxylic acid groups (broad SMARTS) is 1. The highest BCUT2D eigenvalue weighted by Crippen LogP contribution is 2.18. The summed E-state index contributed by atoms with van der Waals surface area (Å²) >= 11 is 1.14. The number of alkyl halides is 2. The van der Waals surface area contributed by atoms with Crippen molar-refractivity contribution in [2.45, 2.75) is 39.2 Å². The van der Waals surface area contributed by atoms with Gasteiger partial charge in [-0.3, -0.25) is 4.79 Å². The fourth-order valence-corrected chi connectivity index (χ4v) is 2.35. The van der Waals surface area contributed by atoms with Crippen LogP contribution in [0.25, 0.3) is 0 Å². The Morgan fingerprint density at radius 3 is 2.53 bits per heavy atom.